The van der Waals surface area contributed by atoms with Gasteiger partial charge in [-0.15, -0.1) is 0 Å². The van der Waals surface area contributed by atoms with Crippen molar-refractivity contribution in [3.8, 4) is 0 Å². The zero-order chi connectivity index (χ0) is 31.2. The van der Waals surface area contributed by atoms with Crippen molar-refractivity contribution < 1.29 is 19.5 Å². The Morgan fingerprint density at radius 1 is 1.00 bits per heavy atom. The highest BCUT2D eigenvalue weighted by molar-refractivity contribution is 6.11. The molecule has 0 bridgehead atoms. The maximum absolute atomic E-state index is 14.8. The highest BCUT2D eigenvalue weighted by atomic mass is 16.4. The first kappa shape index (κ1) is 30.8. The normalized spacial score (nSPS) is 16.6. The van der Waals surface area contributed by atoms with E-state index in [1.165, 1.54) is 6.33 Å². The smallest absolute Gasteiger partial charge is 0.409 e. The number of rotatable bonds is 14. The standard InChI is InChI=1S/C35H39N5O4/c1-25(27-14-7-3-8-15-27)39-35(20-29-22-37-24-38-29,40(33(43)44)23-26-12-5-2-6-13-26)32(42)31(36)30(41)21-34(18-11-19-34)28-16-9-4-10-17-28/h2-10,12-17,22,24-25,31,39H,11,18-21,23,36H2,1H3,(H,37,38)(H,43,44)/t25-,31?,35-/m0/s1. The molecule has 228 valence electrons. The predicted molar refractivity (Wildman–Crippen MR) is 168 cm³/mol. The van der Waals surface area contributed by atoms with E-state index in [9.17, 15) is 19.5 Å². The van der Waals surface area contributed by atoms with Crippen LogP contribution in [-0.4, -0.2) is 49.3 Å². The molecule has 3 atom stereocenters. The quantitative estimate of drug-likeness (QED) is 0.117. The van der Waals surface area contributed by atoms with Gasteiger partial charge in [0.25, 0.3) is 0 Å². The van der Waals surface area contributed by atoms with E-state index in [2.05, 4.69) is 15.3 Å². The second kappa shape index (κ2) is 13.4. The summed E-state index contributed by atoms with van der Waals surface area (Å²) in [4.78, 5) is 50.2. The van der Waals surface area contributed by atoms with Crippen molar-refractivity contribution >= 4 is 17.7 Å². The third-order valence-corrected chi connectivity index (χ3v) is 8.87. The largest absolute Gasteiger partial charge is 0.465 e. The van der Waals surface area contributed by atoms with Crippen LogP contribution in [0.3, 0.4) is 0 Å². The van der Waals surface area contributed by atoms with Gasteiger partial charge in [-0.3, -0.25) is 19.8 Å². The molecular weight excluding hydrogens is 554 g/mol. The van der Waals surface area contributed by atoms with Gasteiger partial charge in [-0.25, -0.2) is 9.78 Å². The lowest BCUT2D eigenvalue weighted by molar-refractivity contribution is -0.140. The molecule has 44 heavy (non-hydrogen) atoms. The Morgan fingerprint density at radius 2 is 1.61 bits per heavy atom. The number of carbonyl (C=O) groups excluding carboxylic acids is 2. The van der Waals surface area contributed by atoms with E-state index in [0.717, 1.165) is 35.3 Å². The molecule has 1 fully saturated rings. The lowest BCUT2D eigenvalue weighted by atomic mass is 9.61. The number of aromatic amines is 1. The van der Waals surface area contributed by atoms with E-state index in [4.69, 9.17) is 5.73 Å². The molecule has 1 aromatic heterocycles. The van der Waals surface area contributed by atoms with Crippen molar-refractivity contribution in [2.24, 2.45) is 5.73 Å². The Hall–Kier alpha value is -4.60. The molecule has 3 aromatic carbocycles. The second-order valence-corrected chi connectivity index (χ2v) is 11.7. The number of nitrogens with one attached hydrogen (secondary N) is 2. The molecule has 5 rings (SSSR count). The SMILES string of the molecule is C[C@H](N[C@](Cc1c[nH]cn1)(C(=O)C(N)C(=O)CC1(c2ccccc2)CCC1)N(Cc1ccccc1)C(=O)O)c1ccccc1. The van der Waals surface area contributed by atoms with Crippen molar-refractivity contribution in [2.45, 2.75) is 68.7 Å². The number of aromatic nitrogens is 2. The van der Waals surface area contributed by atoms with Crippen LogP contribution in [0.15, 0.2) is 104 Å². The maximum atomic E-state index is 14.8. The summed E-state index contributed by atoms with van der Waals surface area (Å²) in [5.41, 5.74) is 7.30. The minimum absolute atomic E-state index is 0.0996. The van der Waals surface area contributed by atoms with Gasteiger partial charge in [0.2, 0.25) is 0 Å². The molecule has 1 aliphatic rings. The second-order valence-electron chi connectivity index (χ2n) is 11.7. The molecule has 9 heteroatoms. The summed E-state index contributed by atoms with van der Waals surface area (Å²) < 4.78 is 0. The Kier molecular flexibility index (Phi) is 9.37. The van der Waals surface area contributed by atoms with Gasteiger partial charge in [-0.05, 0) is 36.5 Å². The number of H-pyrrole nitrogens is 1. The third-order valence-electron chi connectivity index (χ3n) is 8.87. The molecule has 0 saturated heterocycles. The molecule has 0 radical (unpaired) electrons. The van der Waals surface area contributed by atoms with Crippen LogP contribution in [0.2, 0.25) is 0 Å². The van der Waals surface area contributed by atoms with E-state index >= 15 is 0 Å². The number of carbonyl (C=O) groups is 3. The molecule has 1 amide bonds. The van der Waals surface area contributed by atoms with E-state index in [1.807, 2.05) is 85.8 Å². The summed E-state index contributed by atoms with van der Waals surface area (Å²) in [5.74, 6) is -1.13. The van der Waals surface area contributed by atoms with E-state index in [-0.39, 0.29) is 24.8 Å². The summed E-state index contributed by atoms with van der Waals surface area (Å²) in [5, 5.41) is 14.1. The summed E-state index contributed by atoms with van der Waals surface area (Å²) in [7, 11) is 0. The van der Waals surface area contributed by atoms with Crippen molar-refractivity contribution in [3.05, 3.63) is 126 Å². The molecule has 1 heterocycles. The molecule has 9 nitrogen and oxygen atoms in total. The van der Waals surface area contributed by atoms with Gasteiger partial charge in [0.1, 0.15) is 6.04 Å². The van der Waals surface area contributed by atoms with Crippen LogP contribution < -0.4 is 11.1 Å². The molecule has 1 aliphatic carbocycles. The number of nitrogens with zero attached hydrogens (tertiary/aromatic N) is 2. The van der Waals surface area contributed by atoms with Gasteiger partial charge in [0, 0.05) is 30.5 Å². The van der Waals surface area contributed by atoms with Crippen molar-refractivity contribution in [1.82, 2.24) is 20.2 Å². The van der Waals surface area contributed by atoms with Crippen molar-refractivity contribution in [1.29, 1.82) is 0 Å². The highest BCUT2D eigenvalue weighted by Crippen LogP contribution is 2.47. The molecule has 1 saturated carbocycles. The van der Waals surface area contributed by atoms with E-state index < -0.39 is 35.4 Å². The Morgan fingerprint density at radius 3 is 2.16 bits per heavy atom. The zero-order valence-electron chi connectivity index (χ0n) is 24.9. The van der Waals surface area contributed by atoms with Crippen LogP contribution in [0.5, 0.6) is 0 Å². The number of hydrogen-bond acceptors (Lipinski definition) is 6. The molecule has 0 spiro atoms. The Balaban J connectivity index is 1.57. The van der Waals surface area contributed by atoms with Crippen LogP contribution in [-0.2, 0) is 28.0 Å². The van der Waals surface area contributed by atoms with Crippen LogP contribution in [0, 0.1) is 0 Å². The van der Waals surface area contributed by atoms with Crippen LogP contribution in [0.4, 0.5) is 4.79 Å². The van der Waals surface area contributed by atoms with E-state index in [1.54, 1.807) is 18.3 Å². The van der Waals surface area contributed by atoms with Crippen LogP contribution in [0.25, 0.3) is 0 Å². The van der Waals surface area contributed by atoms with Gasteiger partial charge in [0.15, 0.2) is 17.2 Å². The number of amides is 1. The fourth-order valence-electron chi connectivity index (χ4n) is 6.29. The van der Waals surface area contributed by atoms with Crippen molar-refractivity contribution in [2.75, 3.05) is 0 Å². The van der Waals surface area contributed by atoms with Crippen LogP contribution in [0.1, 0.15) is 61.0 Å². The number of carboxylic acid groups (broad SMARTS) is 1. The number of nitrogens with two attached hydrogens (primary N) is 1. The van der Waals surface area contributed by atoms with Gasteiger partial charge >= 0.3 is 6.09 Å². The fraction of sp³-hybridized carbons (Fsp3) is 0.314. The number of benzene rings is 3. The van der Waals surface area contributed by atoms with Gasteiger partial charge in [-0.1, -0.05) is 97.4 Å². The lowest BCUT2D eigenvalue weighted by Crippen LogP contribution is -2.71. The Bertz CT molecular complexity index is 1540. The predicted octanol–water partition coefficient (Wildman–Crippen LogP) is 5.16. The lowest BCUT2D eigenvalue weighted by Gasteiger charge is -2.45. The molecule has 1 unspecified atom stereocenters. The first-order valence-electron chi connectivity index (χ1n) is 15.0. The summed E-state index contributed by atoms with van der Waals surface area (Å²) in [6, 6.07) is 26.3. The molecule has 0 aliphatic heterocycles. The number of imidazole rings is 1. The minimum Gasteiger partial charge on any atom is -0.465 e. The number of hydrogen-bond donors (Lipinski definition) is 4. The average Bonchev–Trinajstić information content (AvgIpc) is 3.54. The zero-order valence-corrected chi connectivity index (χ0v) is 24.9. The number of Topliss-reactive ketones (excluding diaryl/α,β-unsaturated/α-hetero) is 2. The maximum Gasteiger partial charge on any atom is 0.409 e. The fourth-order valence-corrected chi connectivity index (χ4v) is 6.29. The third kappa shape index (κ3) is 6.49. The first-order chi connectivity index (χ1) is 21.2. The van der Waals surface area contributed by atoms with Crippen LogP contribution >= 0.6 is 0 Å². The molecular formula is C35H39N5O4. The minimum atomic E-state index is -1.93. The summed E-state index contributed by atoms with van der Waals surface area (Å²) in [6.45, 7) is 1.74. The number of ketones is 2. The van der Waals surface area contributed by atoms with Gasteiger partial charge in [-0.2, -0.15) is 0 Å². The van der Waals surface area contributed by atoms with E-state index in [0.29, 0.717) is 11.3 Å². The first-order valence-corrected chi connectivity index (χ1v) is 15.0. The average molecular weight is 594 g/mol. The summed E-state index contributed by atoms with van der Waals surface area (Å²) >= 11 is 0. The van der Waals surface area contributed by atoms with Crippen molar-refractivity contribution in [3.63, 3.8) is 0 Å². The highest BCUT2D eigenvalue weighted by Gasteiger charge is 2.52. The van der Waals surface area contributed by atoms with Gasteiger partial charge < -0.3 is 15.8 Å². The van der Waals surface area contributed by atoms with Gasteiger partial charge in [0.05, 0.1) is 18.6 Å². The topological polar surface area (TPSA) is 141 Å². The molecule has 5 N–H and O–H groups in total. The molecule has 4 aromatic rings. The summed E-state index contributed by atoms with van der Waals surface area (Å²) in [6.07, 6.45) is 4.34. The Labute approximate surface area is 257 Å². The monoisotopic (exact) mass is 593 g/mol.